The molecular weight excluding hydrogens is 326 g/mol. The number of rotatable bonds is 10. The first-order valence-corrected chi connectivity index (χ1v) is 8.20. The van der Waals surface area contributed by atoms with Crippen molar-refractivity contribution in [1.82, 2.24) is 4.90 Å². The Labute approximate surface area is 147 Å². The van der Waals surface area contributed by atoms with Crippen molar-refractivity contribution in [2.45, 2.75) is 26.1 Å². The lowest BCUT2D eigenvalue weighted by molar-refractivity contribution is -0.0512. The van der Waals surface area contributed by atoms with Crippen molar-refractivity contribution >= 4 is 0 Å². The fourth-order valence-electron chi connectivity index (χ4n) is 2.64. The molecule has 0 spiro atoms. The summed E-state index contributed by atoms with van der Waals surface area (Å²) >= 11 is 0. The highest BCUT2D eigenvalue weighted by Gasteiger charge is 2.13. The van der Waals surface area contributed by atoms with Crippen LogP contribution in [0.25, 0.3) is 0 Å². The minimum Gasteiger partial charge on any atom is -0.493 e. The Bertz CT molecular complexity index is 639. The maximum atomic E-state index is 12.6. The smallest absolute Gasteiger partial charge is 0.387 e. The van der Waals surface area contributed by atoms with Crippen LogP contribution in [0.5, 0.6) is 11.5 Å². The molecular formula is C19H24F2N2O2. The van der Waals surface area contributed by atoms with Crippen LogP contribution in [0.1, 0.15) is 17.5 Å². The molecule has 0 aliphatic carbocycles. The highest BCUT2D eigenvalue weighted by molar-refractivity contribution is 5.43. The number of hydrogen-bond donors (Lipinski definition) is 1. The molecule has 0 radical (unpaired) electrons. The quantitative estimate of drug-likeness (QED) is 0.711. The Morgan fingerprint density at radius 1 is 1.00 bits per heavy atom. The summed E-state index contributed by atoms with van der Waals surface area (Å²) in [6.07, 6.45) is 0.864. The largest absolute Gasteiger partial charge is 0.493 e. The molecule has 0 heterocycles. The van der Waals surface area contributed by atoms with E-state index in [4.69, 9.17) is 10.5 Å². The van der Waals surface area contributed by atoms with Gasteiger partial charge in [0.25, 0.3) is 0 Å². The van der Waals surface area contributed by atoms with Crippen LogP contribution >= 0.6 is 0 Å². The predicted octanol–water partition coefficient (Wildman–Crippen LogP) is 3.65. The van der Waals surface area contributed by atoms with Gasteiger partial charge in [-0.05, 0) is 36.2 Å². The lowest BCUT2D eigenvalue weighted by Gasteiger charge is -2.23. The SMILES string of the molecule is COc1ccc(CN(CCCN)Cc2ccccc2)cc1OC(F)F. The second-order valence-electron chi connectivity index (χ2n) is 5.70. The van der Waals surface area contributed by atoms with E-state index in [-0.39, 0.29) is 5.75 Å². The van der Waals surface area contributed by atoms with E-state index in [2.05, 4.69) is 21.8 Å². The van der Waals surface area contributed by atoms with Gasteiger partial charge in [-0.3, -0.25) is 4.90 Å². The summed E-state index contributed by atoms with van der Waals surface area (Å²) < 4.78 is 34.8. The minimum absolute atomic E-state index is 0.0495. The molecule has 2 rings (SSSR count). The Hall–Kier alpha value is -2.18. The normalized spacial score (nSPS) is 11.1. The predicted molar refractivity (Wildman–Crippen MR) is 93.9 cm³/mol. The van der Waals surface area contributed by atoms with Crippen molar-refractivity contribution in [2.75, 3.05) is 20.2 Å². The molecule has 25 heavy (non-hydrogen) atoms. The summed E-state index contributed by atoms with van der Waals surface area (Å²) in [4.78, 5) is 2.23. The number of alkyl halides is 2. The van der Waals surface area contributed by atoms with Crippen molar-refractivity contribution in [3.05, 3.63) is 59.7 Å². The van der Waals surface area contributed by atoms with Gasteiger partial charge in [0, 0.05) is 19.6 Å². The van der Waals surface area contributed by atoms with Gasteiger partial charge in [-0.15, -0.1) is 0 Å². The van der Waals surface area contributed by atoms with Crippen molar-refractivity contribution in [1.29, 1.82) is 0 Å². The Kier molecular flexibility index (Phi) is 7.63. The van der Waals surface area contributed by atoms with E-state index in [0.29, 0.717) is 18.8 Å². The average molecular weight is 350 g/mol. The molecule has 0 unspecified atom stereocenters. The van der Waals surface area contributed by atoms with E-state index in [1.54, 1.807) is 12.1 Å². The van der Waals surface area contributed by atoms with Crippen LogP contribution in [0.4, 0.5) is 8.78 Å². The summed E-state index contributed by atoms with van der Waals surface area (Å²) in [6, 6.07) is 15.2. The summed E-state index contributed by atoms with van der Waals surface area (Å²) in [5.74, 6) is 0.342. The lowest BCUT2D eigenvalue weighted by atomic mass is 10.1. The third-order valence-electron chi connectivity index (χ3n) is 3.78. The second kappa shape index (κ2) is 9.96. The number of nitrogens with zero attached hydrogens (tertiary/aromatic N) is 1. The molecule has 0 saturated heterocycles. The number of halogens is 2. The topological polar surface area (TPSA) is 47.7 Å². The molecule has 2 aromatic carbocycles. The molecule has 0 amide bonds. The van der Waals surface area contributed by atoms with E-state index in [0.717, 1.165) is 25.1 Å². The van der Waals surface area contributed by atoms with Gasteiger partial charge in [-0.2, -0.15) is 8.78 Å². The third kappa shape index (κ3) is 6.32. The van der Waals surface area contributed by atoms with E-state index in [1.807, 2.05) is 24.3 Å². The molecule has 0 atom stereocenters. The molecule has 0 aliphatic heterocycles. The summed E-state index contributed by atoms with van der Waals surface area (Å²) in [5.41, 5.74) is 7.70. The molecule has 0 aromatic heterocycles. The van der Waals surface area contributed by atoms with E-state index < -0.39 is 6.61 Å². The van der Waals surface area contributed by atoms with Gasteiger partial charge in [0.05, 0.1) is 7.11 Å². The van der Waals surface area contributed by atoms with Gasteiger partial charge in [-0.25, -0.2) is 0 Å². The van der Waals surface area contributed by atoms with Crippen LogP contribution in [-0.2, 0) is 13.1 Å². The Morgan fingerprint density at radius 3 is 2.36 bits per heavy atom. The maximum absolute atomic E-state index is 12.6. The number of ether oxygens (including phenoxy) is 2. The molecule has 0 bridgehead atoms. The van der Waals surface area contributed by atoms with E-state index in [1.165, 1.54) is 12.7 Å². The van der Waals surface area contributed by atoms with Crippen molar-refractivity contribution < 1.29 is 18.3 Å². The van der Waals surface area contributed by atoms with Crippen LogP contribution in [0.3, 0.4) is 0 Å². The molecule has 6 heteroatoms. The first-order valence-electron chi connectivity index (χ1n) is 8.20. The van der Waals surface area contributed by atoms with Crippen LogP contribution < -0.4 is 15.2 Å². The standard InChI is InChI=1S/C19H24F2N2O2/c1-24-17-9-8-16(12-18(17)25-19(20)21)14-23(11-5-10-22)13-15-6-3-2-4-7-15/h2-4,6-9,12,19H,5,10-11,13-14,22H2,1H3. The van der Waals surface area contributed by atoms with Crippen molar-refractivity contribution in [3.63, 3.8) is 0 Å². The van der Waals surface area contributed by atoms with Crippen LogP contribution in [-0.4, -0.2) is 31.7 Å². The average Bonchev–Trinajstić information content (AvgIpc) is 2.60. The summed E-state index contributed by atoms with van der Waals surface area (Å²) in [6.45, 7) is -0.0891. The van der Waals surface area contributed by atoms with Gasteiger partial charge >= 0.3 is 6.61 Å². The molecule has 0 aliphatic rings. The molecule has 2 N–H and O–H groups in total. The first-order chi connectivity index (χ1) is 12.1. The second-order valence-corrected chi connectivity index (χ2v) is 5.70. The van der Waals surface area contributed by atoms with Gasteiger partial charge in [0.15, 0.2) is 11.5 Å². The highest BCUT2D eigenvalue weighted by Crippen LogP contribution is 2.30. The minimum atomic E-state index is -2.89. The van der Waals surface area contributed by atoms with Gasteiger partial charge in [0.2, 0.25) is 0 Å². The third-order valence-corrected chi connectivity index (χ3v) is 3.78. The summed E-state index contributed by atoms with van der Waals surface area (Å²) in [5, 5.41) is 0. The fraction of sp³-hybridized carbons (Fsp3) is 0.368. The van der Waals surface area contributed by atoms with E-state index >= 15 is 0 Å². The van der Waals surface area contributed by atoms with Crippen LogP contribution in [0, 0.1) is 0 Å². The van der Waals surface area contributed by atoms with E-state index in [9.17, 15) is 8.78 Å². The Morgan fingerprint density at radius 2 is 1.72 bits per heavy atom. The molecule has 2 aromatic rings. The van der Waals surface area contributed by atoms with Crippen LogP contribution in [0.2, 0.25) is 0 Å². The number of methoxy groups -OCH3 is 1. The first kappa shape index (κ1) is 19.1. The van der Waals surface area contributed by atoms with Crippen LogP contribution in [0.15, 0.2) is 48.5 Å². The molecule has 136 valence electrons. The zero-order valence-electron chi connectivity index (χ0n) is 14.3. The molecule has 4 nitrogen and oxygen atoms in total. The Balaban J connectivity index is 2.13. The van der Waals surface area contributed by atoms with Gasteiger partial charge in [-0.1, -0.05) is 36.4 Å². The molecule has 0 saturated carbocycles. The maximum Gasteiger partial charge on any atom is 0.387 e. The number of benzene rings is 2. The zero-order valence-corrected chi connectivity index (χ0v) is 14.3. The molecule has 0 fully saturated rings. The monoisotopic (exact) mass is 350 g/mol. The fourth-order valence-corrected chi connectivity index (χ4v) is 2.64. The lowest BCUT2D eigenvalue weighted by Crippen LogP contribution is -2.25. The number of nitrogens with two attached hydrogens (primary N) is 1. The summed E-state index contributed by atoms with van der Waals surface area (Å²) in [7, 11) is 1.43. The van der Waals surface area contributed by atoms with Gasteiger partial charge in [0.1, 0.15) is 0 Å². The van der Waals surface area contributed by atoms with Crippen molar-refractivity contribution in [2.24, 2.45) is 5.73 Å². The van der Waals surface area contributed by atoms with Crippen molar-refractivity contribution in [3.8, 4) is 11.5 Å². The number of hydrogen-bond acceptors (Lipinski definition) is 4. The highest BCUT2D eigenvalue weighted by atomic mass is 19.3. The zero-order chi connectivity index (χ0) is 18.1. The van der Waals surface area contributed by atoms with Gasteiger partial charge < -0.3 is 15.2 Å².